The minimum Gasteiger partial charge on any atom is -0.438 e. The quantitative estimate of drug-likeness (QED) is 0.555. The summed E-state index contributed by atoms with van der Waals surface area (Å²) < 4.78 is 15.9. The lowest BCUT2D eigenvalue weighted by molar-refractivity contribution is 0.146. The number of allylic oxidation sites excluding steroid dienone is 2. The van der Waals surface area contributed by atoms with Gasteiger partial charge in [0.1, 0.15) is 6.10 Å². The second kappa shape index (κ2) is 3.26. The average molecular weight is 236 g/mol. The van der Waals surface area contributed by atoms with Crippen molar-refractivity contribution in [3.05, 3.63) is 24.3 Å². The lowest BCUT2D eigenvalue weighted by atomic mass is 10.1. The Hall–Kier alpha value is -0.840. The number of primary amides is 1. The third-order valence-electron chi connectivity index (χ3n) is 1.27. The molecule has 5 heteroatoms. The van der Waals surface area contributed by atoms with Gasteiger partial charge in [-0.1, -0.05) is 0 Å². The van der Waals surface area contributed by atoms with E-state index in [4.69, 9.17) is 5.73 Å². The molecule has 0 aromatic carbocycles. The highest BCUT2D eigenvalue weighted by Crippen LogP contribution is 2.27. The van der Waals surface area contributed by atoms with E-state index >= 15 is 0 Å². The number of halogens is 2. The molecule has 0 aromatic heterocycles. The van der Waals surface area contributed by atoms with Gasteiger partial charge in [0.25, 0.3) is 0 Å². The van der Waals surface area contributed by atoms with Crippen LogP contribution in [0.3, 0.4) is 0 Å². The Morgan fingerprint density at radius 1 is 1.58 bits per heavy atom. The Labute approximate surface area is 77.2 Å². The van der Waals surface area contributed by atoms with Crippen molar-refractivity contribution in [3.63, 3.8) is 0 Å². The van der Waals surface area contributed by atoms with E-state index in [1.54, 1.807) is 0 Å². The molecule has 0 aliphatic heterocycles. The SMILES string of the molecule is NC(=O)OC1C=CC(F)(Br)C=C1. The van der Waals surface area contributed by atoms with Crippen LogP contribution in [0.5, 0.6) is 0 Å². The minimum atomic E-state index is -1.63. The van der Waals surface area contributed by atoms with Gasteiger partial charge >= 0.3 is 6.09 Å². The summed E-state index contributed by atoms with van der Waals surface area (Å²) in [6.45, 7) is 0. The highest BCUT2D eigenvalue weighted by molar-refractivity contribution is 9.10. The first kappa shape index (κ1) is 9.25. The van der Waals surface area contributed by atoms with Gasteiger partial charge in [-0.2, -0.15) is 0 Å². The molecule has 1 aliphatic carbocycles. The zero-order chi connectivity index (χ0) is 9.19. The van der Waals surface area contributed by atoms with Gasteiger partial charge in [0.2, 0.25) is 4.58 Å². The van der Waals surface area contributed by atoms with Crippen LogP contribution in [0.1, 0.15) is 0 Å². The van der Waals surface area contributed by atoms with E-state index in [0.29, 0.717) is 0 Å². The molecule has 0 aromatic rings. The van der Waals surface area contributed by atoms with Crippen LogP contribution in [0.4, 0.5) is 9.18 Å². The predicted octanol–water partition coefficient (Wildman–Crippen LogP) is 1.64. The Balaban J connectivity index is 2.55. The van der Waals surface area contributed by atoms with Gasteiger partial charge in [0.05, 0.1) is 0 Å². The zero-order valence-corrected chi connectivity index (χ0v) is 7.62. The van der Waals surface area contributed by atoms with Gasteiger partial charge < -0.3 is 10.5 Å². The van der Waals surface area contributed by atoms with Crippen LogP contribution in [-0.2, 0) is 4.74 Å². The molecule has 0 bridgehead atoms. The standard InChI is InChI=1S/C7H7BrFNO2/c8-7(9)3-1-5(2-4-7)12-6(10)11/h1-5H,(H2,10,11). The lowest BCUT2D eigenvalue weighted by Gasteiger charge is -2.16. The molecule has 2 N–H and O–H groups in total. The summed E-state index contributed by atoms with van der Waals surface area (Å²) in [4.78, 5) is 10.3. The second-order valence-corrected chi connectivity index (χ2v) is 3.51. The molecule has 1 amide bonds. The van der Waals surface area contributed by atoms with Crippen molar-refractivity contribution in [2.45, 2.75) is 10.7 Å². The Bertz CT molecular complexity index is 234. The van der Waals surface area contributed by atoms with Crippen LogP contribution >= 0.6 is 15.9 Å². The van der Waals surface area contributed by atoms with Gasteiger partial charge in [0.15, 0.2) is 0 Å². The van der Waals surface area contributed by atoms with Crippen LogP contribution < -0.4 is 5.73 Å². The number of rotatable bonds is 1. The lowest BCUT2D eigenvalue weighted by Crippen LogP contribution is -2.23. The maximum absolute atomic E-state index is 13.0. The number of carbonyl (C=O) groups is 1. The van der Waals surface area contributed by atoms with Crippen molar-refractivity contribution in [2.75, 3.05) is 0 Å². The molecule has 0 unspecified atom stereocenters. The number of nitrogens with two attached hydrogens (primary N) is 1. The van der Waals surface area contributed by atoms with Crippen molar-refractivity contribution < 1.29 is 13.9 Å². The van der Waals surface area contributed by atoms with E-state index < -0.39 is 16.8 Å². The maximum atomic E-state index is 13.0. The van der Waals surface area contributed by atoms with E-state index in [1.807, 2.05) is 0 Å². The van der Waals surface area contributed by atoms with Crippen LogP contribution in [0.15, 0.2) is 24.3 Å². The number of alkyl halides is 2. The summed E-state index contributed by atoms with van der Waals surface area (Å²) in [5.41, 5.74) is 4.76. The van der Waals surface area contributed by atoms with Gasteiger partial charge in [-0.25, -0.2) is 9.18 Å². The topological polar surface area (TPSA) is 52.3 Å². The fraction of sp³-hybridized carbons (Fsp3) is 0.286. The molecular formula is C7H7BrFNO2. The first-order chi connectivity index (χ1) is 5.49. The normalized spacial score (nSPS) is 33.3. The summed E-state index contributed by atoms with van der Waals surface area (Å²) in [7, 11) is 0. The zero-order valence-electron chi connectivity index (χ0n) is 6.04. The van der Waals surface area contributed by atoms with Crippen molar-refractivity contribution in [2.24, 2.45) is 5.73 Å². The number of amides is 1. The third kappa shape index (κ3) is 2.65. The van der Waals surface area contributed by atoms with Crippen LogP contribution in [0.25, 0.3) is 0 Å². The monoisotopic (exact) mass is 235 g/mol. The van der Waals surface area contributed by atoms with E-state index in [9.17, 15) is 9.18 Å². The molecule has 1 aliphatic rings. The average Bonchev–Trinajstić information content (AvgIpc) is 1.93. The molecule has 3 nitrogen and oxygen atoms in total. The van der Waals surface area contributed by atoms with Crippen LogP contribution in [-0.4, -0.2) is 16.8 Å². The smallest absolute Gasteiger partial charge is 0.405 e. The molecule has 0 atom stereocenters. The van der Waals surface area contributed by atoms with E-state index in [2.05, 4.69) is 20.7 Å². The summed E-state index contributed by atoms with van der Waals surface area (Å²) in [6.07, 6.45) is 3.83. The molecule has 1 rings (SSSR count). The maximum Gasteiger partial charge on any atom is 0.405 e. The molecule has 0 fully saturated rings. The van der Waals surface area contributed by atoms with E-state index in [1.165, 1.54) is 24.3 Å². The number of carbonyl (C=O) groups excluding carboxylic acids is 1. The minimum absolute atomic E-state index is 0.566. The molecular weight excluding hydrogens is 229 g/mol. The summed E-state index contributed by atoms with van der Waals surface area (Å²) in [6, 6.07) is 0. The molecule has 0 saturated heterocycles. The van der Waals surface area contributed by atoms with Gasteiger partial charge in [0, 0.05) is 0 Å². The fourth-order valence-electron chi connectivity index (χ4n) is 0.779. The molecule has 66 valence electrons. The molecule has 0 spiro atoms. The number of hydrogen-bond acceptors (Lipinski definition) is 2. The highest BCUT2D eigenvalue weighted by atomic mass is 79.9. The summed E-state index contributed by atoms with van der Waals surface area (Å²) >= 11 is 2.77. The van der Waals surface area contributed by atoms with Gasteiger partial charge in [-0.15, -0.1) is 0 Å². The molecule has 0 saturated carbocycles. The highest BCUT2D eigenvalue weighted by Gasteiger charge is 2.22. The molecule has 0 radical (unpaired) electrons. The van der Waals surface area contributed by atoms with Crippen LogP contribution in [0.2, 0.25) is 0 Å². The predicted molar refractivity (Wildman–Crippen MR) is 45.5 cm³/mol. The van der Waals surface area contributed by atoms with Crippen molar-refractivity contribution >= 4 is 22.0 Å². The van der Waals surface area contributed by atoms with E-state index in [0.717, 1.165) is 0 Å². The summed E-state index contributed by atoms with van der Waals surface area (Å²) in [5, 5.41) is 0. The Kier molecular flexibility index (Phi) is 2.52. The Morgan fingerprint density at radius 2 is 2.08 bits per heavy atom. The second-order valence-electron chi connectivity index (χ2n) is 2.29. The first-order valence-corrected chi connectivity index (χ1v) is 4.01. The van der Waals surface area contributed by atoms with Crippen molar-refractivity contribution in [1.29, 1.82) is 0 Å². The fourth-order valence-corrected chi connectivity index (χ4v) is 1.08. The van der Waals surface area contributed by atoms with Gasteiger partial charge in [-0.05, 0) is 40.2 Å². The number of hydrogen-bond donors (Lipinski definition) is 1. The summed E-state index contributed by atoms with van der Waals surface area (Å²) in [5.74, 6) is 0. The van der Waals surface area contributed by atoms with Crippen molar-refractivity contribution in [3.8, 4) is 0 Å². The van der Waals surface area contributed by atoms with Crippen molar-refractivity contribution in [1.82, 2.24) is 0 Å². The molecule has 12 heavy (non-hydrogen) atoms. The largest absolute Gasteiger partial charge is 0.438 e. The van der Waals surface area contributed by atoms with Gasteiger partial charge in [-0.3, -0.25) is 0 Å². The van der Waals surface area contributed by atoms with E-state index in [-0.39, 0.29) is 0 Å². The first-order valence-electron chi connectivity index (χ1n) is 3.22. The Morgan fingerprint density at radius 3 is 2.50 bits per heavy atom. The third-order valence-corrected chi connectivity index (χ3v) is 1.80. The molecule has 0 heterocycles. The number of ether oxygens (including phenoxy) is 1. The van der Waals surface area contributed by atoms with Crippen LogP contribution in [0, 0.1) is 0 Å².